The van der Waals surface area contributed by atoms with Crippen molar-refractivity contribution in [3.63, 3.8) is 0 Å². The van der Waals surface area contributed by atoms with Crippen LogP contribution >= 0.6 is 0 Å². The summed E-state index contributed by atoms with van der Waals surface area (Å²) in [5, 5.41) is 2.68. The Balaban J connectivity index is 1.86. The summed E-state index contributed by atoms with van der Waals surface area (Å²) in [4.78, 5) is 4.83. The molecule has 0 aliphatic carbocycles. The molecular weight excluding hydrogens is 302 g/mol. The third kappa shape index (κ3) is 5.47. The lowest BCUT2D eigenvalue weighted by Crippen LogP contribution is -2.47. The van der Waals surface area contributed by atoms with Gasteiger partial charge in [-0.05, 0) is 30.2 Å². The quantitative estimate of drug-likeness (QED) is 0.775. The first-order valence-electron chi connectivity index (χ1n) is 7.60. The van der Waals surface area contributed by atoms with E-state index in [9.17, 15) is 8.42 Å². The number of hydrogen-bond donors (Lipinski definition) is 2. The van der Waals surface area contributed by atoms with Crippen molar-refractivity contribution in [3.8, 4) is 0 Å². The zero-order valence-electron chi connectivity index (χ0n) is 13.2. The van der Waals surface area contributed by atoms with Crippen molar-refractivity contribution >= 4 is 21.5 Å². The van der Waals surface area contributed by atoms with Crippen LogP contribution in [0.1, 0.15) is 13.8 Å². The molecule has 6 nitrogen and oxygen atoms in total. The van der Waals surface area contributed by atoms with Crippen LogP contribution in [0.4, 0.5) is 11.4 Å². The maximum absolute atomic E-state index is 10.7. The number of nitrogens with zero attached hydrogens (tertiary/aromatic N) is 2. The summed E-state index contributed by atoms with van der Waals surface area (Å²) in [6.45, 7) is 9.78. The zero-order valence-corrected chi connectivity index (χ0v) is 14.0. The molecule has 1 aliphatic heterocycles. The predicted molar refractivity (Wildman–Crippen MR) is 90.0 cm³/mol. The Hall–Kier alpha value is -1.31. The van der Waals surface area contributed by atoms with Crippen LogP contribution < -0.4 is 10.2 Å². The first-order chi connectivity index (χ1) is 10.3. The van der Waals surface area contributed by atoms with Gasteiger partial charge in [-0.1, -0.05) is 13.8 Å². The molecule has 0 aromatic heterocycles. The van der Waals surface area contributed by atoms with E-state index < -0.39 is 16.0 Å². The standard InChI is InChI=1S/C15H25N3O3S/c1-13(2)11-17-7-9-18(10-8-17)15-5-3-14(4-6-15)16-12-22(19,20)21/h3-6,13,16H,7-12H2,1-2H3,(H,19,20,21). The van der Waals surface area contributed by atoms with Crippen LogP contribution in [-0.4, -0.2) is 56.5 Å². The fraction of sp³-hybridized carbons (Fsp3) is 0.600. The van der Waals surface area contributed by atoms with Gasteiger partial charge in [-0.15, -0.1) is 0 Å². The highest BCUT2D eigenvalue weighted by Crippen LogP contribution is 2.19. The second-order valence-corrected chi connectivity index (χ2v) is 7.58. The highest BCUT2D eigenvalue weighted by atomic mass is 32.2. The fourth-order valence-corrected chi connectivity index (χ4v) is 3.02. The first-order valence-corrected chi connectivity index (χ1v) is 9.21. The summed E-state index contributed by atoms with van der Waals surface area (Å²) in [5.41, 5.74) is 1.82. The van der Waals surface area contributed by atoms with Gasteiger partial charge in [0.2, 0.25) is 0 Å². The third-order valence-corrected chi connectivity index (χ3v) is 4.20. The minimum atomic E-state index is -4.00. The van der Waals surface area contributed by atoms with Crippen molar-refractivity contribution in [1.82, 2.24) is 4.90 Å². The van der Waals surface area contributed by atoms with Gasteiger partial charge in [-0.3, -0.25) is 9.45 Å². The number of rotatable bonds is 6. The molecule has 7 heteroatoms. The first kappa shape index (κ1) is 17.1. The van der Waals surface area contributed by atoms with Crippen LogP contribution in [0.5, 0.6) is 0 Å². The maximum atomic E-state index is 10.7. The highest BCUT2D eigenvalue weighted by Gasteiger charge is 2.17. The minimum absolute atomic E-state index is 0.472. The van der Waals surface area contributed by atoms with Gasteiger partial charge in [0.1, 0.15) is 5.88 Å². The predicted octanol–water partition coefficient (Wildman–Crippen LogP) is 1.72. The van der Waals surface area contributed by atoms with E-state index in [1.165, 1.54) is 0 Å². The second kappa shape index (κ2) is 7.30. The maximum Gasteiger partial charge on any atom is 0.283 e. The molecule has 1 fully saturated rings. The smallest absolute Gasteiger partial charge is 0.283 e. The SMILES string of the molecule is CC(C)CN1CCN(c2ccc(NCS(=O)(=O)O)cc2)CC1. The Morgan fingerprint density at radius 2 is 1.73 bits per heavy atom. The van der Waals surface area contributed by atoms with Crippen LogP contribution in [0.3, 0.4) is 0 Å². The number of anilines is 2. The molecule has 0 unspecified atom stereocenters. The van der Waals surface area contributed by atoms with Gasteiger partial charge >= 0.3 is 0 Å². The molecule has 0 bridgehead atoms. The van der Waals surface area contributed by atoms with Gasteiger partial charge < -0.3 is 10.2 Å². The topological polar surface area (TPSA) is 72.9 Å². The molecule has 2 N–H and O–H groups in total. The Labute approximate surface area is 132 Å². The van der Waals surface area contributed by atoms with Crippen molar-refractivity contribution in [2.75, 3.05) is 48.8 Å². The van der Waals surface area contributed by atoms with Gasteiger partial charge in [0.05, 0.1) is 0 Å². The van der Waals surface area contributed by atoms with Crippen molar-refractivity contribution < 1.29 is 13.0 Å². The summed E-state index contributed by atoms with van der Waals surface area (Å²) in [6, 6.07) is 7.62. The van der Waals surface area contributed by atoms with E-state index in [0.29, 0.717) is 11.6 Å². The second-order valence-electron chi connectivity index (χ2n) is 6.13. The molecule has 22 heavy (non-hydrogen) atoms. The van der Waals surface area contributed by atoms with E-state index >= 15 is 0 Å². The number of hydrogen-bond acceptors (Lipinski definition) is 5. The van der Waals surface area contributed by atoms with Crippen LogP contribution in [0.15, 0.2) is 24.3 Å². The van der Waals surface area contributed by atoms with E-state index in [-0.39, 0.29) is 0 Å². The van der Waals surface area contributed by atoms with Crippen molar-refractivity contribution in [2.45, 2.75) is 13.8 Å². The molecular formula is C15H25N3O3S. The molecule has 2 rings (SSSR count). The Morgan fingerprint density at radius 1 is 1.14 bits per heavy atom. The molecule has 0 amide bonds. The highest BCUT2D eigenvalue weighted by molar-refractivity contribution is 7.85. The average molecular weight is 327 g/mol. The number of nitrogens with one attached hydrogen (secondary N) is 1. The zero-order chi connectivity index (χ0) is 16.2. The lowest BCUT2D eigenvalue weighted by molar-refractivity contribution is 0.231. The molecule has 1 heterocycles. The summed E-state index contributed by atoms with van der Waals surface area (Å²) < 4.78 is 30.1. The molecule has 1 saturated heterocycles. The molecule has 0 spiro atoms. The largest absolute Gasteiger partial charge is 0.370 e. The van der Waals surface area contributed by atoms with Crippen molar-refractivity contribution in [1.29, 1.82) is 0 Å². The van der Waals surface area contributed by atoms with E-state index in [0.717, 1.165) is 38.4 Å². The summed E-state index contributed by atoms with van der Waals surface area (Å²) in [7, 11) is -4.00. The summed E-state index contributed by atoms with van der Waals surface area (Å²) in [5.74, 6) is 0.222. The molecule has 0 saturated carbocycles. The lowest BCUT2D eigenvalue weighted by atomic mass is 10.2. The van der Waals surface area contributed by atoms with Crippen molar-refractivity contribution in [3.05, 3.63) is 24.3 Å². The van der Waals surface area contributed by atoms with E-state index in [2.05, 4.69) is 29.0 Å². The van der Waals surface area contributed by atoms with Crippen LogP contribution in [0.25, 0.3) is 0 Å². The third-order valence-electron chi connectivity index (χ3n) is 3.69. The van der Waals surface area contributed by atoms with Crippen LogP contribution in [0.2, 0.25) is 0 Å². The van der Waals surface area contributed by atoms with Gasteiger partial charge in [0.25, 0.3) is 10.1 Å². The number of benzene rings is 1. The normalized spacial score (nSPS) is 17.0. The molecule has 1 aliphatic rings. The van der Waals surface area contributed by atoms with Gasteiger partial charge in [-0.25, -0.2) is 0 Å². The van der Waals surface area contributed by atoms with Gasteiger partial charge in [0, 0.05) is 44.1 Å². The number of piperazine rings is 1. The molecule has 1 aromatic rings. The summed E-state index contributed by atoms with van der Waals surface area (Å²) in [6.07, 6.45) is 0. The monoisotopic (exact) mass is 327 g/mol. The van der Waals surface area contributed by atoms with E-state index in [4.69, 9.17) is 4.55 Å². The van der Waals surface area contributed by atoms with E-state index in [1.807, 2.05) is 24.3 Å². The molecule has 0 atom stereocenters. The average Bonchev–Trinajstić information content (AvgIpc) is 2.45. The van der Waals surface area contributed by atoms with Crippen LogP contribution in [-0.2, 0) is 10.1 Å². The molecule has 124 valence electrons. The Bertz CT molecular complexity index is 564. The summed E-state index contributed by atoms with van der Waals surface area (Å²) >= 11 is 0. The Kier molecular flexibility index (Phi) is 5.66. The fourth-order valence-electron chi connectivity index (χ4n) is 2.67. The van der Waals surface area contributed by atoms with Crippen molar-refractivity contribution in [2.24, 2.45) is 5.92 Å². The minimum Gasteiger partial charge on any atom is -0.370 e. The van der Waals surface area contributed by atoms with Crippen LogP contribution in [0, 0.1) is 5.92 Å². The van der Waals surface area contributed by atoms with Gasteiger partial charge in [0.15, 0.2) is 0 Å². The Morgan fingerprint density at radius 3 is 2.23 bits per heavy atom. The van der Waals surface area contributed by atoms with E-state index in [1.54, 1.807) is 0 Å². The lowest BCUT2D eigenvalue weighted by Gasteiger charge is -2.36. The van der Waals surface area contributed by atoms with Gasteiger partial charge in [-0.2, -0.15) is 8.42 Å². The molecule has 0 radical (unpaired) electrons. The molecule has 1 aromatic carbocycles.